The first-order valence-electron chi connectivity index (χ1n) is 6.55. The third-order valence-corrected chi connectivity index (χ3v) is 3.61. The second-order valence-corrected chi connectivity index (χ2v) is 4.75. The van der Waals surface area contributed by atoms with E-state index in [4.69, 9.17) is 0 Å². The van der Waals surface area contributed by atoms with E-state index in [0.717, 1.165) is 25.8 Å². The van der Waals surface area contributed by atoms with Crippen LogP contribution in [0.5, 0.6) is 0 Å². The summed E-state index contributed by atoms with van der Waals surface area (Å²) in [6, 6.07) is -0.358. The van der Waals surface area contributed by atoms with Crippen LogP contribution in [0.25, 0.3) is 0 Å². The van der Waals surface area contributed by atoms with E-state index < -0.39 is 0 Å². The minimum atomic E-state index is -0.278. The van der Waals surface area contributed by atoms with Crippen molar-refractivity contribution < 1.29 is 9.59 Å². The second kappa shape index (κ2) is 5.49. The molecule has 2 fully saturated rings. The molecule has 2 atom stereocenters. The van der Waals surface area contributed by atoms with Gasteiger partial charge in [0.2, 0.25) is 11.8 Å². The zero-order valence-electron chi connectivity index (χ0n) is 10.4. The van der Waals surface area contributed by atoms with E-state index in [1.165, 1.54) is 0 Å². The van der Waals surface area contributed by atoms with Crippen molar-refractivity contribution in [3.05, 3.63) is 0 Å². The number of hydrogen-bond donors (Lipinski definition) is 2. The minimum Gasteiger partial charge on any atom is -0.353 e. The van der Waals surface area contributed by atoms with Crippen molar-refractivity contribution in [1.82, 2.24) is 15.5 Å². The molecule has 0 aliphatic carbocycles. The summed E-state index contributed by atoms with van der Waals surface area (Å²) >= 11 is 0. The van der Waals surface area contributed by atoms with Crippen molar-refractivity contribution in [3.63, 3.8) is 0 Å². The van der Waals surface area contributed by atoms with Crippen molar-refractivity contribution in [1.29, 1.82) is 0 Å². The molecule has 2 aliphatic heterocycles. The van der Waals surface area contributed by atoms with Gasteiger partial charge >= 0.3 is 0 Å². The number of piperazine rings is 1. The Bertz CT molecular complexity index is 300. The maximum Gasteiger partial charge on any atom is 0.242 e. The normalized spacial score (nSPS) is 29.9. The topological polar surface area (TPSA) is 61.4 Å². The predicted molar refractivity (Wildman–Crippen MR) is 64.4 cm³/mol. The van der Waals surface area contributed by atoms with Crippen LogP contribution < -0.4 is 10.6 Å². The van der Waals surface area contributed by atoms with Gasteiger partial charge in [0.05, 0.1) is 6.04 Å². The molecule has 2 heterocycles. The fourth-order valence-corrected chi connectivity index (χ4v) is 2.65. The maximum atomic E-state index is 12.4. The molecule has 2 N–H and O–H groups in total. The summed E-state index contributed by atoms with van der Waals surface area (Å²) in [5.74, 6) is 0.0920. The molecule has 17 heavy (non-hydrogen) atoms. The fraction of sp³-hybridized carbons (Fsp3) is 0.833. The Balaban J connectivity index is 2.03. The van der Waals surface area contributed by atoms with Crippen LogP contribution >= 0.6 is 0 Å². The van der Waals surface area contributed by atoms with Crippen molar-refractivity contribution >= 4 is 11.8 Å². The van der Waals surface area contributed by atoms with Crippen LogP contribution in [-0.4, -0.2) is 48.4 Å². The van der Waals surface area contributed by atoms with Crippen molar-refractivity contribution in [3.8, 4) is 0 Å². The zero-order chi connectivity index (χ0) is 12.3. The van der Waals surface area contributed by atoms with Crippen molar-refractivity contribution in [2.45, 2.75) is 44.7 Å². The number of carbonyl (C=O) groups is 2. The lowest BCUT2D eigenvalue weighted by Gasteiger charge is -2.37. The molecule has 0 bridgehead atoms. The molecule has 0 radical (unpaired) electrons. The highest BCUT2D eigenvalue weighted by Gasteiger charge is 2.35. The van der Waals surface area contributed by atoms with Gasteiger partial charge < -0.3 is 15.5 Å². The summed E-state index contributed by atoms with van der Waals surface area (Å²) in [5.41, 5.74) is 0. The van der Waals surface area contributed by atoms with Gasteiger partial charge in [0.25, 0.3) is 0 Å². The lowest BCUT2D eigenvalue weighted by atomic mass is 10.0. The van der Waals surface area contributed by atoms with Crippen LogP contribution in [0.1, 0.15) is 32.6 Å². The highest BCUT2D eigenvalue weighted by molar-refractivity contribution is 5.90. The molecule has 5 nitrogen and oxygen atoms in total. The van der Waals surface area contributed by atoms with Gasteiger partial charge in [-0.05, 0) is 25.8 Å². The molecule has 2 amide bonds. The van der Waals surface area contributed by atoms with E-state index in [9.17, 15) is 9.59 Å². The van der Waals surface area contributed by atoms with E-state index in [2.05, 4.69) is 10.6 Å². The van der Waals surface area contributed by atoms with E-state index in [1.54, 1.807) is 4.90 Å². The number of nitrogens with zero attached hydrogens (tertiary/aromatic N) is 1. The van der Waals surface area contributed by atoms with E-state index in [0.29, 0.717) is 19.5 Å². The second-order valence-electron chi connectivity index (χ2n) is 4.75. The van der Waals surface area contributed by atoms with Gasteiger partial charge in [-0.3, -0.25) is 9.59 Å². The van der Waals surface area contributed by atoms with Gasteiger partial charge in [-0.2, -0.15) is 0 Å². The molecule has 1 unspecified atom stereocenters. The lowest BCUT2D eigenvalue weighted by molar-refractivity contribution is -0.145. The average Bonchev–Trinajstić information content (AvgIpc) is 2.38. The van der Waals surface area contributed by atoms with Gasteiger partial charge in [-0.25, -0.2) is 0 Å². The number of hydrogen-bond acceptors (Lipinski definition) is 3. The SMILES string of the molecule is CCC1C(=O)NCCN1C(=O)[C@H]1CCCCN1. The van der Waals surface area contributed by atoms with Gasteiger partial charge in [0.15, 0.2) is 0 Å². The highest BCUT2D eigenvalue weighted by Crippen LogP contribution is 2.15. The molecule has 5 heteroatoms. The summed E-state index contributed by atoms with van der Waals surface area (Å²) < 4.78 is 0. The Morgan fingerprint density at radius 2 is 2.24 bits per heavy atom. The third kappa shape index (κ3) is 2.60. The summed E-state index contributed by atoms with van der Waals surface area (Å²) in [7, 11) is 0. The zero-order valence-corrected chi connectivity index (χ0v) is 10.4. The lowest BCUT2D eigenvalue weighted by Crippen LogP contribution is -2.61. The van der Waals surface area contributed by atoms with Crippen molar-refractivity contribution in [2.75, 3.05) is 19.6 Å². The molecule has 0 aromatic rings. The first-order valence-corrected chi connectivity index (χ1v) is 6.55. The number of amides is 2. The van der Waals surface area contributed by atoms with E-state index in [1.807, 2.05) is 6.92 Å². The van der Waals surface area contributed by atoms with Crippen LogP contribution in [0, 0.1) is 0 Å². The van der Waals surface area contributed by atoms with Crippen LogP contribution in [-0.2, 0) is 9.59 Å². The standard InChI is InChI=1S/C12H21N3O2/c1-2-10-11(16)14-7-8-15(10)12(17)9-5-3-4-6-13-9/h9-10,13H,2-8H2,1H3,(H,14,16)/t9-,10?/m1/s1. The average molecular weight is 239 g/mol. The van der Waals surface area contributed by atoms with E-state index in [-0.39, 0.29) is 23.9 Å². The summed E-state index contributed by atoms with van der Waals surface area (Å²) in [5, 5.41) is 6.07. The fourth-order valence-electron chi connectivity index (χ4n) is 2.65. The Labute approximate surface area is 102 Å². The summed E-state index contributed by atoms with van der Waals surface area (Å²) in [6.45, 7) is 4.08. The maximum absolute atomic E-state index is 12.4. The van der Waals surface area contributed by atoms with Gasteiger partial charge in [0.1, 0.15) is 6.04 Å². The highest BCUT2D eigenvalue weighted by atomic mass is 16.2. The van der Waals surface area contributed by atoms with E-state index >= 15 is 0 Å². The van der Waals surface area contributed by atoms with Crippen molar-refractivity contribution in [2.24, 2.45) is 0 Å². The molecule has 0 aromatic carbocycles. The minimum absolute atomic E-state index is 0.0112. The smallest absolute Gasteiger partial charge is 0.242 e. The molecular weight excluding hydrogens is 218 g/mol. The first kappa shape index (κ1) is 12.4. The largest absolute Gasteiger partial charge is 0.353 e. The van der Waals surface area contributed by atoms with Gasteiger partial charge in [0, 0.05) is 13.1 Å². The molecule has 2 rings (SSSR count). The Morgan fingerprint density at radius 3 is 2.88 bits per heavy atom. The Hall–Kier alpha value is -1.10. The summed E-state index contributed by atoms with van der Waals surface area (Å²) in [6.07, 6.45) is 3.82. The molecule has 0 spiro atoms. The number of carbonyl (C=O) groups excluding carboxylic acids is 2. The molecule has 96 valence electrons. The molecule has 0 saturated carbocycles. The molecule has 0 aromatic heterocycles. The quantitative estimate of drug-likeness (QED) is 0.705. The molecule has 2 aliphatic rings. The third-order valence-electron chi connectivity index (χ3n) is 3.61. The molecule has 2 saturated heterocycles. The van der Waals surface area contributed by atoms with Gasteiger partial charge in [-0.15, -0.1) is 0 Å². The van der Waals surface area contributed by atoms with Crippen LogP contribution in [0.2, 0.25) is 0 Å². The predicted octanol–water partition coefficient (Wildman–Crippen LogP) is -0.134. The Morgan fingerprint density at radius 1 is 1.41 bits per heavy atom. The summed E-state index contributed by atoms with van der Waals surface area (Å²) in [4.78, 5) is 25.8. The number of nitrogens with one attached hydrogen (secondary N) is 2. The van der Waals surface area contributed by atoms with Crippen LogP contribution in [0.4, 0.5) is 0 Å². The Kier molecular flexibility index (Phi) is 3.99. The van der Waals surface area contributed by atoms with Crippen LogP contribution in [0.3, 0.4) is 0 Å². The number of piperidine rings is 1. The first-order chi connectivity index (χ1) is 8.24. The van der Waals surface area contributed by atoms with Gasteiger partial charge in [-0.1, -0.05) is 13.3 Å². The van der Waals surface area contributed by atoms with Crippen LogP contribution in [0.15, 0.2) is 0 Å². The monoisotopic (exact) mass is 239 g/mol. The number of rotatable bonds is 2. The molecular formula is C12H21N3O2.